The average Bonchev–Trinajstić information content (AvgIpc) is 2.90. The summed E-state index contributed by atoms with van der Waals surface area (Å²) < 4.78 is 13.5. The molecular weight excluding hydrogens is 261 g/mol. The van der Waals surface area contributed by atoms with Crippen LogP contribution in [0.15, 0.2) is 36.4 Å². The maximum absolute atomic E-state index is 13.5. The van der Waals surface area contributed by atoms with Gasteiger partial charge in [0.2, 0.25) is 0 Å². The SMILES string of the molecule is CCCNC1CCc2cc(-c3cc(F)ccc3C)ccc21. The summed E-state index contributed by atoms with van der Waals surface area (Å²) in [6, 6.07) is 12.1. The molecule has 21 heavy (non-hydrogen) atoms. The van der Waals surface area contributed by atoms with Gasteiger partial charge < -0.3 is 5.32 Å². The van der Waals surface area contributed by atoms with Crippen molar-refractivity contribution in [2.75, 3.05) is 6.54 Å². The van der Waals surface area contributed by atoms with Crippen molar-refractivity contribution < 1.29 is 4.39 Å². The quantitative estimate of drug-likeness (QED) is 0.851. The summed E-state index contributed by atoms with van der Waals surface area (Å²) in [6.45, 7) is 5.29. The van der Waals surface area contributed by atoms with Gasteiger partial charge >= 0.3 is 0 Å². The molecule has 1 aliphatic rings. The van der Waals surface area contributed by atoms with Crippen molar-refractivity contribution in [2.45, 2.75) is 39.2 Å². The van der Waals surface area contributed by atoms with Gasteiger partial charge in [-0.15, -0.1) is 0 Å². The largest absolute Gasteiger partial charge is 0.310 e. The van der Waals surface area contributed by atoms with Gasteiger partial charge in [-0.1, -0.05) is 31.2 Å². The van der Waals surface area contributed by atoms with E-state index in [2.05, 4.69) is 30.4 Å². The average molecular weight is 283 g/mol. The maximum atomic E-state index is 13.5. The molecule has 1 nitrogen and oxygen atoms in total. The van der Waals surface area contributed by atoms with E-state index in [0.29, 0.717) is 6.04 Å². The fourth-order valence-corrected chi connectivity index (χ4v) is 3.22. The van der Waals surface area contributed by atoms with Crippen LogP contribution in [-0.2, 0) is 6.42 Å². The summed E-state index contributed by atoms with van der Waals surface area (Å²) in [6.07, 6.45) is 3.44. The summed E-state index contributed by atoms with van der Waals surface area (Å²) in [5.74, 6) is -0.168. The van der Waals surface area contributed by atoms with Gasteiger partial charge in [0, 0.05) is 6.04 Å². The van der Waals surface area contributed by atoms with Crippen molar-refractivity contribution in [1.82, 2.24) is 5.32 Å². The summed E-state index contributed by atoms with van der Waals surface area (Å²) in [5.41, 5.74) is 6.07. The molecule has 2 aromatic carbocycles. The van der Waals surface area contributed by atoms with Crippen LogP contribution in [0.4, 0.5) is 4.39 Å². The number of fused-ring (bicyclic) bond motifs is 1. The Morgan fingerprint density at radius 2 is 2.05 bits per heavy atom. The van der Waals surface area contributed by atoms with Gasteiger partial charge in [-0.3, -0.25) is 0 Å². The lowest BCUT2D eigenvalue weighted by Crippen LogP contribution is -2.19. The predicted octanol–water partition coefficient (Wildman–Crippen LogP) is 4.79. The number of halogens is 1. The zero-order chi connectivity index (χ0) is 14.8. The molecule has 0 bridgehead atoms. The van der Waals surface area contributed by atoms with Crippen molar-refractivity contribution in [3.63, 3.8) is 0 Å². The lowest BCUT2D eigenvalue weighted by atomic mass is 9.96. The van der Waals surface area contributed by atoms with Crippen LogP contribution in [0, 0.1) is 12.7 Å². The van der Waals surface area contributed by atoms with Gasteiger partial charge in [0.15, 0.2) is 0 Å². The number of hydrogen-bond acceptors (Lipinski definition) is 1. The molecule has 0 spiro atoms. The Hall–Kier alpha value is -1.67. The number of rotatable bonds is 4. The minimum Gasteiger partial charge on any atom is -0.310 e. The third-order valence-electron chi connectivity index (χ3n) is 4.37. The summed E-state index contributed by atoms with van der Waals surface area (Å²) in [4.78, 5) is 0. The fourth-order valence-electron chi connectivity index (χ4n) is 3.22. The first-order valence-corrected chi connectivity index (χ1v) is 7.81. The van der Waals surface area contributed by atoms with E-state index in [1.165, 1.54) is 23.6 Å². The van der Waals surface area contributed by atoms with E-state index < -0.39 is 0 Å². The second-order valence-corrected chi connectivity index (χ2v) is 5.92. The predicted molar refractivity (Wildman–Crippen MR) is 85.9 cm³/mol. The highest BCUT2D eigenvalue weighted by atomic mass is 19.1. The first kappa shape index (κ1) is 14.3. The third-order valence-corrected chi connectivity index (χ3v) is 4.37. The van der Waals surface area contributed by atoms with E-state index in [0.717, 1.165) is 36.1 Å². The molecule has 3 rings (SSSR count). The molecule has 1 aliphatic carbocycles. The van der Waals surface area contributed by atoms with Crippen molar-refractivity contribution in [2.24, 2.45) is 0 Å². The molecule has 1 N–H and O–H groups in total. The standard InChI is InChI=1S/C19H22FN/c1-3-10-21-19-9-6-14-11-15(5-8-17(14)19)18-12-16(20)7-4-13(18)2/h4-5,7-8,11-12,19,21H,3,6,9-10H2,1-2H3. The first-order valence-electron chi connectivity index (χ1n) is 7.81. The molecular formula is C19H22FN. The lowest BCUT2D eigenvalue weighted by Gasteiger charge is -2.14. The van der Waals surface area contributed by atoms with Gasteiger partial charge in [-0.2, -0.15) is 0 Å². The molecule has 0 aromatic heterocycles. The molecule has 0 amide bonds. The monoisotopic (exact) mass is 283 g/mol. The van der Waals surface area contributed by atoms with Crippen LogP contribution < -0.4 is 5.32 Å². The Morgan fingerprint density at radius 3 is 2.86 bits per heavy atom. The molecule has 110 valence electrons. The van der Waals surface area contributed by atoms with E-state index in [9.17, 15) is 4.39 Å². The van der Waals surface area contributed by atoms with Gasteiger partial charge in [-0.25, -0.2) is 4.39 Å². The van der Waals surface area contributed by atoms with Crippen LogP contribution in [0.1, 0.15) is 42.5 Å². The normalized spacial score (nSPS) is 17.0. The molecule has 0 heterocycles. The lowest BCUT2D eigenvalue weighted by molar-refractivity contribution is 0.529. The Labute approximate surface area is 126 Å². The molecule has 1 atom stereocenters. The molecule has 0 aliphatic heterocycles. The molecule has 2 heteroatoms. The molecule has 0 saturated heterocycles. The highest BCUT2D eigenvalue weighted by Crippen LogP contribution is 2.35. The summed E-state index contributed by atoms with van der Waals surface area (Å²) >= 11 is 0. The summed E-state index contributed by atoms with van der Waals surface area (Å²) in [5, 5.41) is 3.61. The second kappa shape index (κ2) is 5.98. The van der Waals surface area contributed by atoms with Gasteiger partial charge in [0.1, 0.15) is 5.82 Å². The van der Waals surface area contributed by atoms with E-state index in [4.69, 9.17) is 0 Å². The molecule has 0 radical (unpaired) electrons. The van der Waals surface area contributed by atoms with Gasteiger partial charge in [-0.05, 0) is 72.7 Å². The maximum Gasteiger partial charge on any atom is 0.123 e. The van der Waals surface area contributed by atoms with Crippen LogP contribution in [0.3, 0.4) is 0 Å². The van der Waals surface area contributed by atoms with E-state index in [-0.39, 0.29) is 5.82 Å². The van der Waals surface area contributed by atoms with E-state index >= 15 is 0 Å². The Kier molecular flexibility index (Phi) is 4.07. The topological polar surface area (TPSA) is 12.0 Å². The number of hydrogen-bond donors (Lipinski definition) is 1. The molecule has 2 aromatic rings. The van der Waals surface area contributed by atoms with Crippen LogP contribution >= 0.6 is 0 Å². The van der Waals surface area contributed by atoms with Crippen LogP contribution in [-0.4, -0.2) is 6.54 Å². The molecule has 1 unspecified atom stereocenters. The molecule has 0 fully saturated rings. The minimum atomic E-state index is -0.168. The third kappa shape index (κ3) is 2.86. The van der Waals surface area contributed by atoms with E-state index in [1.54, 1.807) is 6.07 Å². The van der Waals surface area contributed by atoms with Crippen LogP contribution in [0.2, 0.25) is 0 Å². The van der Waals surface area contributed by atoms with Crippen molar-refractivity contribution in [3.8, 4) is 11.1 Å². The Morgan fingerprint density at radius 1 is 1.19 bits per heavy atom. The van der Waals surface area contributed by atoms with Crippen LogP contribution in [0.5, 0.6) is 0 Å². The Balaban J connectivity index is 1.92. The highest BCUT2D eigenvalue weighted by molar-refractivity contribution is 5.69. The van der Waals surface area contributed by atoms with E-state index in [1.807, 2.05) is 13.0 Å². The zero-order valence-corrected chi connectivity index (χ0v) is 12.7. The first-order chi connectivity index (χ1) is 10.2. The smallest absolute Gasteiger partial charge is 0.123 e. The van der Waals surface area contributed by atoms with Crippen molar-refractivity contribution in [3.05, 3.63) is 58.9 Å². The minimum absolute atomic E-state index is 0.168. The fraction of sp³-hybridized carbons (Fsp3) is 0.368. The van der Waals surface area contributed by atoms with Gasteiger partial charge in [0.25, 0.3) is 0 Å². The zero-order valence-electron chi connectivity index (χ0n) is 12.7. The highest BCUT2D eigenvalue weighted by Gasteiger charge is 2.22. The summed E-state index contributed by atoms with van der Waals surface area (Å²) in [7, 11) is 0. The number of aryl methyl sites for hydroxylation is 2. The molecule has 0 saturated carbocycles. The second-order valence-electron chi connectivity index (χ2n) is 5.92. The van der Waals surface area contributed by atoms with Crippen LogP contribution in [0.25, 0.3) is 11.1 Å². The number of benzene rings is 2. The van der Waals surface area contributed by atoms with Crippen molar-refractivity contribution in [1.29, 1.82) is 0 Å². The number of nitrogens with one attached hydrogen (secondary N) is 1. The van der Waals surface area contributed by atoms with Crippen molar-refractivity contribution >= 4 is 0 Å². The van der Waals surface area contributed by atoms with Gasteiger partial charge in [0.05, 0.1) is 0 Å². The Bertz CT molecular complexity index is 648.